The number of hydrogen-bond acceptors (Lipinski definition) is 10. The van der Waals surface area contributed by atoms with Gasteiger partial charge in [-0.25, -0.2) is 14.6 Å². The second-order valence-electron chi connectivity index (χ2n) is 8.55. The molecular weight excluding hydrogens is 504 g/mol. The first kappa shape index (κ1) is 26.1. The number of thiophene rings is 1. The summed E-state index contributed by atoms with van der Waals surface area (Å²) in [6.07, 6.45) is -4.53. The Morgan fingerprint density at radius 3 is 2.32 bits per heavy atom. The SMILES string of the molecule is CN1CCN(c2ccc3nc(-c4c(N)c5ccsc5[nH]c4=O)[nH]c3c2)CC1.O=C(O)C(O)C(O)C(=O)O. The molecular formula is C23H26N6O7S. The van der Waals surface area contributed by atoms with Crippen LogP contribution in [0.4, 0.5) is 11.4 Å². The minimum absolute atomic E-state index is 0.221. The summed E-state index contributed by atoms with van der Waals surface area (Å²) in [7, 11) is 2.15. The number of piperazine rings is 1. The van der Waals surface area contributed by atoms with Crippen molar-refractivity contribution >= 4 is 55.9 Å². The molecule has 0 bridgehead atoms. The molecule has 0 spiro atoms. The van der Waals surface area contributed by atoms with E-state index in [1.165, 1.54) is 17.0 Å². The van der Waals surface area contributed by atoms with E-state index >= 15 is 0 Å². The average molecular weight is 531 g/mol. The number of nitrogens with one attached hydrogen (secondary N) is 2. The number of aromatic nitrogens is 3. The van der Waals surface area contributed by atoms with Crippen molar-refractivity contribution in [3.05, 3.63) is 40.0 Å². The highest BCUT2D eigenvalue weighted by atomic mass is 32.1. The molecule has 8 N–H and O–H groups in total. The standard InChI is InChI=1S/C19H20N6OS.C4H6O6/c1-24-5-7-25(8-6-24)11-2-3-13-14(10-11)22-17(21-13)15-16(20)12-4-9-27-19(12)23-18(15)26;5-1(3(7)8)2(6)4(9)10/h2-4,9-10H,5-8H2,1H3,(H,21,22)(H3,20,23,26);1-2,5-6H,(H,7,8)(H,9,10). The number of hydrogen-bond donors (Lipinski definition) is 7. The molecule has 1 aliphatic heterocycles. The summed E-state index contributed by atoms with van der Waals surface area (Å²) in [6.45, 7) is 4.12. The number of benzene rings is 1. The number of fused-ring (bicyclic) bond motifs is 2. The molecule has 0 radical (unpaired) electrons. The van der Waals surface area contributed by atoms with Crippen molar-refractivity contribution in [2.45, 2.75) is 12.2 Å². The Hall–Kier alpha value is -3.98. The molecule has 2 atom stereocenters. The van der Waals surface area contributed by atoms with E-state index < -0.39 is 24.1 Å². The molecule has 4 heterocycles. The van der Waals surface area contributed by atoms with Gasteiger partial charge in [0.25, 0.3) is 5.56 Å². The fourth-order valence-corrected chi connectivity index (χ4v) is 4.72. The lowest BCUT2D eigenvalue weighted by Crippen LogP contribution is -2.44. The van der Waals surface area contributed by atoms with Crippen molar-refractivity contribution in [1.29, 1.82) is 0 Å². The van der Waals surface area contributed by atoms with Crippen molar-refractivity contribution in [2.24, 2.45) is 0 Å². The number of H-pyrrole nitrogens is 2. The Bertz CT molecular complexity index is 1490. The Balaban J connectivity index is 0.000000275. The zero-order chi connectivity index (χ0) is 26.9. The van der Waals surface area contributed by atoms with E-state index in [-0.39, 0.29) is 5.56 Å². The van der Waals surface area contributed by atoms with Gasteiger partial charge in [-0.15, -0.1) is 11.3 Å². The van der Waals surface area contributed by atoms with Gasteiger partial charge in [0.2, 0.25) is 0 Å². The number of nitrogens with two attached hydrogens (primary N) is 1. The van der Waals surface area contributed by atoms with Crippen molar-refractivity contribution in [1.82, 2.24) is 19.9 Å². The predicted octanol–water partition coefficient (Wildman–Crippen LogP) is 0.344. The molecule has 196 valence electrons. The summed E-state index contributed by atoms with van der Waals surface area (Å²) in [5.74, 6) is -3.03. The molecule has 37 heavy (non-hydrogen) atoms. The topological polar surface area (TPSA) is 209 Å². The number of aliphatic hydroxyl groups is 2. The van der Waals surface area contributed by atoms with Gasteiger partial charge in [0.1, 0.15) is 16.2 Å². The zero-order valence-electron chi connectivity index (χ0n) is 19.7. The van der Waals surface area contributed by atoms with Gasteiger partial charge in [-0.1, -0.05) is 0 Å². The average Bonchev–Trinajstić information content (AvgIpc) is 3.50. The summed E-state index contributed by atoms with van der Waals surface area (Å²) in [5.41, 5.74) is 9.84. The molecule has 14 heteroatoms. The number of aromatic amines is 2. The van der Waals surface area contributed by atoms with E-state index in [9.17, 15) is 14.4 Å². The number of rotatable bonds is 5. The molecule has 0 saturated carbocycles. The summed E-state index contributed by atoms with van der Waals surface area (Å²) >= 11 is 1.47. The number of aliphatic carboxylic acids is 2. The lowest BCUT2D eigenvalue weighted by atomic mass is 10.2. The number of nitrogens with zero attached hydrogens (tertiary/aromatic N) is 3. The first-order valence-electron chi connectivity index (χ1n) is 11.2. The zero-order valence-corrected chi connectivity index (χ0v) is 20.5. The Labute approximate surface area is 213 Å². The van der Waals surface area contributed by atoms with Crippen LogP contribution in [0.15, 0.2) is 34.4 Å². The van der Waals surface area contributed by atoms with Gasteiger partial charge in [0.05, 0.1) is 16.7 Å². The molecule has 1 saturated heterocycles. The van der Waals surface area contributed by atoms with Crippen LogP contribution in [0, 0.1) is 0 Å². The number of carboxylic acids is 2. The highest BCUT2D eigenvalue weighted by molar-refractivity contribution is 7.16. The van der Waals surface area contributed by atoms with Crippen LogP contribution < -0.4 is 16.2 Å². The molecule has 5 rings (SSSR count). The molecule has 3 aromatic heterocycles. The third-order valence-corrected chi connectivity index (χ3v) is 6.88. The fourth-order valence-electron chi connectivity index (χ4n) is 3.92. The van der Waals surface area contributed by atoms with Crippen molar-refractivity contribution in [3.8, 4) is 11.4 Å². The first-order valence-corrected chi connectivity index (χ1v) is 12.1. The maximum absolute atomic E-state index is 12.6. The molecule has 1 aromatic carbocycles. The Morgan fingerprint density at radius 2 is 1.70 bits per heavy atom. The summed E-state index contributed by atoms with van der Waals surface area (Å²) in [6, 6.07) is 8.11. The van der Waals surface area contributed by atoms with Gasteiger partial charge in [-0.3, -0.25) is 4.79 Å². The lowest BCUT2D eigenvalue weighted by Gasteiger charge is -2.34. The van der Waals surface area contributed by atoms with E-state index in [0.29, 0.717) is 17.1 Å². The number of anilines is 2. The minimum Gasteiger partial charge on any atom is -0.479 e. The molecule has 1 aliphatic rings. The van der Waals surface area contributed by atoms with Crippen molar-refractivity contribution in [2.75, 3.05) is 43.9 Å². The van der Waals surface area contributed by atoms with Gasteiger partial charge in [-0.2, -0.15) is 0 Å². The minimum atomic E-state index is -2.27. The largest absolute Gasteiger partial charge is 0.479 e. The van der Waals surface area contributed by atoms with E-state index in [2.05, 4.69) is 43.9 Å². The van der Waals surface area contributed by atoms with Crippen LogP contribution in [-0.4, -0.2) is 97.7 Å². The normalized spacial score (nSPS) is 15.8. The number of aliphatic hydroxyl groups excluding tert-OH is 2. The summed E-state index contributed by atoms with van der Waals surface area (Å²) in [4.78, 5) is 48.4. The third-order valence-electron chi connectivity index (χ3n) is 6.05. The highest BCUT2D eigenvalue weighted by Gasteiger charge is 2.29. The highest BCUT2D eigenvalue weighted by Crippen LogP contribution is 2.31. The van der Waals surface area contributed by atoms with E-state index in [4.69, 9.17) is 26.2 Å². The van der Waals surface area contributed by atoms with Gasteiger partial charge in [0, 0.05) is 37.3 Å². The monoisotopic (exact) mass is 530 g/mol. The Kier molecular flexibility index (Phi) is 7.45. The van der Waals surface area contributed by atoms with Crippen LogP contribution in [0.25, 0.3) is 32.6 Å². The Morgan fingerprint density at radius 1 is 1.05 bits per heavy atom. The second-order valence-corrected chi connectivity index (χ2v) is 9.47. The van der Waals surface area contributed by atoms with E-state index in [1.807, 2.05) is 17.5 Å². The summed E-state index contributed by atoms with van der Waals surface area (Å²) < 4.78 is 0. The molecule has 13 nitrogen and oxygen atoms in total. The van der Waals surface area contributed by atoms with Crippen LogP contribution in [0.2, 0.25) is 0 Å². The quantitative estimate of drug-likeness (QED) is 0.187. The number of imidazole rings is 1. The van der Waals surface area contributed by atoms with Gasteiger partial charge in [0.15, 0.2) is 12.2 Å². The van der Waals surface area contributed by atoms with Crippen LogP contribution in [0.5, 0.6) is 0 Å². The smallest absolute Gasteiger partial charge is 0.335 e. The van der Waals surface area contributed by atoms with E-state index in [0.717, 1.165) is 47.4 Å². The molecule has 0 aliphatic carbocycles. The lowest BCUT2D eigenvalue weighted by molar-refractivity contribution is -0.165. The van der Waals surface area contributed by atoms with Gasteiger partial charge < -0.3 is 45.9 Å². The number of likely N-dealkylation sites (N-methyl/N-ethyl adjacent to an activating group) is 1. The molecule has 0 amide bonds. The molecule has 1 fully saturated rings. The van der Waals surface area contributed by atoms with Gasteiger partial charge >= 0.3 is 11.9 Å². The van der Waals surface area contributed by atoms with Gasteiger partial charge in [-0.05, 0) is 36.7 Å². The predicted molar refractivity (Wildman–Crippen MR) is 139 cm³/mol. The molecule has 2 unspecified atom stereocenters. The number of nitrogen functional groups attached to an aromatic ring is 1. The molecule has 4 aromatic rings. The maximum atomic E-state index is 12.6. The van der Waals surface area contributed by atoms with E-state index in [1.54, 1.807) is 0 Å². The van der Waals surface area contributed by atoms with Crippen molar-refractivity contribution in [3.63, 3.8) is 0 Å². The number of pyridine rings is 1. The fraction of sp³-hybridized carbons (Fsp3) is 0.304. The number of carboxylic acid groups (broad SMARTS) is 2. The second kappa shape index (κ2) is 10.6. The van der Waals surface area contributed by atoms with Crippen LogP contribution in [-0.2, 0) is 9.59 Å². The van der Waals surface area contributed by atoms with Crippen LogP contribution in [0.3, 0.4) is 0 Å². The maximum Gasteiger partial charge on any atom is 0.335 e. The first-order chi connectivity index (χ1) is 17.6. The number of carbonyl (C=O) groups is 2. The van der Waals surface area contributed by atoms with Crippen LogP contribution in [0.1, 0.15) is 0 Å². The third kappa shape index (κ3) is 5.41. The van der Waals surface area contributed by atoms with Crippen LogP contribution >= 0.6 is 11.3 Å². The van der Waals surface area contributed by atoms with Crippen molar-refractivity contribution < 1.29 is 30.0 Å². The summed E-state index contributed by atoms with van der Waals surface area (Å²) in [5, 5.41) is 35.3.